The van der Waals surface area contributed by atoms with Crippen LogP contribution < -0.4 is 11.1 Å². The van der Waals surface area contributed by atoms with Crippen LogP contribution in [-0.4, -0.2) is 23.5 Å². The van der Waals surface area contributed by atoms with Crippen molar-refractivity contribution >= 4 is 17.3 Å². The number of hydrogen-bond donors (Lipinski definition) is 3. The minimum absolute atomic E-state index is 0.0188. The zero-order valence-electron chi connectivity index (χ0n) is 9.64. The Labute approximate surface area is 102 Å². The first-order chi connectivity index (χ1) is 8.27. The maximum atomic E-state index is 13.8. The number of amides is 1. The van der Waals surface area contributed by atoms with Gasteiger partial charge in [-0.15, -0.1) is 0 Å². The number of aliphatic hydroxyl groups excluding tert-OH is 1. The molecular weight excluding hydrogens is 249 g/mol. The molecule has 0 radical (unpaired) electrons. The van der Waals surface area contributed by atoms with Crippen molar-refractivity contribution in [3.63, 3.8) is 0 Å². The largest absolute Gasteiger partial charge is 0.398 e. The first-order valence-corrected chi connectivity index (χ1v) is 5.14. The van der Waals surface area contributed by atoms with Crippen molar-refractivity contribution < 1.29 is 23.1 Å². The second kappa shape index (κ2) is 5.26. The summed E-state index contributed by atoms with van der Waals surface area (Å²) in [7, 11) is 0. The van der Waals surface area contributed by atoms with Crippen LogP contribution in [0.1, 0.15) is 12.5 Å². The second-order valence-electron chi connectivity index (χ2n) is 3.81. The lowest BCUT2D eigenvalue weighted by Crippen LogP contribution is -2.31. The molecule has 4 nitrogen and oxygen atoms in total. The van der Waals surface area contributed by atoms with Crippen molar-refractivity contribution in [1.82, 2.24) is 0 Å². The molecule has 0 unspecified atom stereocenters. The number of carbonyl (C=O) groups is 1. The summed E-state index contributed by atoms with van der Waals surface area (Å²) in [5, 5.41) is 10.5. The number of anilines is 2. The van der Waals surface area contributed by atoms with Crippen molar-refractivity contribution in [3.8, 4) is 0 Å². The van der Waals surface area contributed by atoms with Gasteiger partial charge in [0.2, 0.25) is 0 Å². The molecule has 0 fully saturated rings. The molecule has 0 aliphatic carbocycles. The fraction of sp³-hybridized carbons (Fsp3) is 0.364. The highest BCUT2D eigenvalue weighted by atomic mass is 19.3. The molecule has 0 spiro atoms. The van der Waals surface area contributed by atoms with Crippen molar-refractivity contribution in [2.45, 2.75) is 19.3 Å². The quantitative estimate of drug-likeness (QED) is 0.720. The average molecular weight is 262 g/mol. The molecule has 4 N–H and O–H groups in total. The van der Waals surface area contributed by atoms with Gasteiger partial charge >= 0.3 is 5.92 Å². The maximum absolute atomic E-state index is 13.8. The van der Waals surface area contributed by atoms with E-state index in [4.69, 9.17) is 10.8 Å². The first kappa shape index (κ1) is 14.3. The van der Waals surface area contributed by atoms with E-state index >= 15 is 0 Å². The molecule has 0 aliphatic heterocycles. The van der Waals surface area contributed by atoms with Gasteiger partial charge in [-0.05, 0) is 12.1 Å². The Hall–Kier alpha value is -1.76. The van der Waals surface area contributed by atoms with Crippen molar-refractivity contribution in [3.05, 3.63) is 23.5 Å². The van der Waals surface area contributed by atoms with Crippen molar-refractivity contribution in [2.75, 3.05) is 17.7 Å². The summed E-state index contributed by atoms with van der Waals surface area (Å²) in [6.45, 7) is 0.0641. The van der Waals surface area contributed by atoms with Crippen LogP contribution in [0.2, 0.25) is 0 Å². The summed E-state index contributed by atoms with van der Waals surface area (Å²) < 4.78 is 39.1. The number of nitrogens with two attached hydrogens (primary N) is 1. The Morgan fingerprint density at radius 2 is 2.11 bits per heavy atom. The summed E-state index contributed by atoms with van der Waals surface area (Å²) in [5.74, 6) is -6.13. The van der Waals surface area contributed by atoms with E-state index in [1.807, 2.05) is 0 Å². The number of rotatable bonds is 4. The van der Waals surface area contributed by atoms with Crippen LogP contribution in [0, 0.1) is 5.82 Å². The lowest BCUT2D eigenvalue weighted by Gasteiger charge is -2.14. The molecule has 7 heteroatoms. The number of nitrogens with one attached hydrogen (secondary N) is 1. The Morgan fingerprint density at radius 3 is 2.61 bits per heavy atom. The van der Waals surface area contributed by atoms with Gasteiger partial charge in [0.15, 0.2) is 5.82 Å². The highest BCUT2D eigenvalue weighted by molar-refractivity contribution is 5.96. The Bertz CT molecular complexity index is 458. The van der Waals surface area contributed by atoms with Gasteiger partial charge in [-0.1, -0.05) is 0 Å². The normalized spacial score (nSPS) is 11.4. The first-order valence-electron chi connectivity index (χ1n) is 5.14. The Balaban J connectivity index is 3.05. The van der Waals surface area contributed by atoms with Crippen LogP contribution in [-0.2, 0) is 11.2 Å². The molecule has 1 aromatic carbocycles. The standard InChI is InChI=1S/C11H13F3N2O2/c1-11(13,14)10(18)16-8-3-2-7(15)6(4-5-17)9(8)12/h2-3,17H,4-5,15H2,1H3,(H,16,18). The summed E-state index contributed by atoms with van der Waals surface area (Å²) in [6.07, 6.45) is -0.0656. The second-order valence-corrected chi connectivity index (χ2v) is 3.81. The topological polar surface area (TPSA) is 75.4 Å². The van der Waals surface area contributed by atoms with Crippen LogP contribution in [0.3, 0.4) is 0 Å². The maximum Gasteiger partial charge on any atom is 0.322 e. The molecule has 0 saturated carbocycles. The number of nitrogen functional groups attached to an aromatic ring is 1. The summed E-state index contributed by atoms with van der Waals surface area (Å²) in [6, 6.07) is 2.37. The molecule has 1 aromatic rings. The number of alkyl halides is 2. The molecule has 18 heavy (non-hydrogen) atoms. The molecule has 0 atom stereocenters. The number of halogens is 3. The monoisotopic (exact) mass is 262 g/mol. The Kier molecular flexibility index (Phi) is 4.18. The van der Waals surface area contributed by atoms with Gasteiger partial charge in [-0.3, -0.25) is 4.79 Å². The summed E-state index contributed by atoms with van der Waals surface area (Å²) >= 11 is 0. The van der Waals surface area contributed by atoms with Gasteiger partial charge in [0.25, 0.3) is 5.91 Å². The molecule has 0 aliphatic rings. The third-order valence-electron chi connectivity index (χ3n) is 2.29. The van der Waals surface area contributed by atoms with Crippen LogP contribution in [0.25, 0.3) is 0 Å². The van der Waals surface area contributed by atoms with Crippen molar-refractivity contribution in [2.24, 2.45) is 0 Å². The highest BCUT2D eigenvalue weighted by Crippen LogP contribution is 2.25. The number of aliphatic hydroxyl groups is 1. The van der Waals surface area contributed by atoms with E-state index in [1.54, 1.807) is 5.32 Å². The predicted octanol–water partition coefficient (Wildman–Crippen LogP) is 1.54. The Morgan fingerprint density at radius 1 is 1.50 bits per heavy atom. The van der Waals surface area contributed by atoms with E-state index in [1.165, 1.54) is 6.07 Å². The molecule has 1 rings (SSSR count). The van der Waals surface area contributed by atoms with E-state index in [9.17, 15) is 18.0 Å². The SMILES string of the molecule is CC(F)(F)C(=O)Nc1ccc(N)c(CCO)c1F. The summed E-state index contributed by atoms with van der Waals surface area (Å²) in [5.41, 5.74) is 5.16. The summed E-state index contributed by atoms with van der Waals surface area (Å²) in [4.78, 5) is 11.0. The predicted molar refractivity (Wildman–Crippen MR) is 60.9 cm³/mol. The minimum atomic E-state index is -3.61. The van der Waals surface area contributed by atoms with E-state index in [0.717, 1.165) is 6.07 Å². The van der Waals surface area contributed by atoms with E-state index in [-0.39, 0.29) is 30.0 Å². The van der Waals surface area contributed by atoms with Gasteiger partial charge in [0, 0.05) is 31.2 Å². The molecule has 0 heterocycles. The molecule has 0 bridgehead atoms. The molecular formula is C11H13F3N2O2. The lowest BCUT2D eigenvalue weighted by atomic mass is 10.1. The molecule has 1 amide bonds. The van der Waals surface area contributed by atoms with E-state index in [2.05, 4.69) is 0 Å². The van der Waals surface area contributed by atoms with Crippen LogP contribution in [0.15, 0.2) is 12.1 Å². The van der Waals surface area contributed by atoms with Crippen LogP contribution in [0.4, 0.5) is 24.5 Å². The average Bonchev–Trinajstić information content (AvgIpc) is 2.26. The number of carbonyl (C=O) groups excluding carboxylic acids is 1. The highest BCUT2D eigenvalue weighted by Gasteiger charge is 2.32. The van der Waals surface area contributed by atoms with Gasteiger partial charge in [-0.2, -0.15) is 8.78 Å². The van der Waals surface area contributed by atoms with Crippen molar-refractivity contribution in [1.29, 1.82) is 0 Å². The fourth-order valence-electron chi connectivity index (χ4n) is 1.33. The van der Waals surface area contributed by atoms with Gasteiger partial charge < -0.3 is 16.2 Å². The fourth-order valence-corrected chi connectivity index (χ4v) is 1.33. The molecule has 100 valence electrons. The smallest absolute Gasteiger partial charge is 0.322 e. The zero-order chi connectivity index (χ0) is 13.9. The van der Waals surface area contributed by atoms with Gasteiger partial charge in [0.05, 0.1) is 5.69 Å². The van der Waals surface area contributed by atoms with E-state index in [0.29, 0.717) is 6.92 Å². The minimum Gasteiger partial charge on any atom is -0.398 e. The lowest BCUT2D eigenvalue weighted by molar-refractivity contribution is -0.137. The van der Waals surface area contributed by atoms with E-state index < -0.39 is 17.6 Å². The third kappa shape index (κ3) is 3.13. The number of benzene rings is 1. The molecule has 0 aromatic heterocycles. The van der Waals surface area contributed by atoms with Crippen LogP contribution >= 0.6 is 0 Å². The van der Waals surface area contributed by atoms with Gasteiger partial charge in [0.1, 0.15) is 0 Å². The van der Waals surface area contributed by atoms with Crippen LogP contribution in [0.5, 0.6) is 0 Å². The zero-order valence-corrected chi connectivity index (χ0v) is 9.64. The third-order valence-corrected chi connectivity index (χ3v) is 2.29. The molecule has 0 saturated heterocycles. The number of hydrogen-bond acceptors (Lipinski definition) is 3. The van der Waals surface area contributed by atoms with Gasteiger partial charge in [-0.25, -0.2) is 4.39 Å².